The number of hydrogen-bond donors (Lipinski definition) is 1. The van der Waals surface area contributed by atoms with Gasteiger partial charge in [0.1, 0.15) is 16.8 Å². The van der Waals surface area contributed by atoms with E-state index in [-0.39, 0.29) is 11.8 Å². The molecule has 0 bridgehead atoms. The standard InChI is InChI=1S/C42H58N8OS/c1-7-13-16-31(10-4)29-50(30-32(11-5)17-14-8-2)37-23-24-38(39(26-37)45-41(51)34(12-6)18-15-9-3)47-49-42-35(28-44)25-40(52-42)48-46-36-21-19-33(27-43)20-22-36/h19-26,31-32,34H,7-18,29-30H2,1-6H3,(H,45,51)/b48-46?,49-47+. The average molecular weight is 723 g/mol. The second-order valence-corrected chi connectivity index (χ2v) is 14.7. The predicted molar refractivity (Wildman–Crippen MR) is 216 cm³/mol. The molecule has 1 N–H and O–H groups in total. The highest BCUT2D eigenvalue weighted by molar-refractivity contribution is 7.19. The topological polar surface area (TPSA) is 129 Å². The molecule has 1 amide bonds. The van der Waals surface area contributed by atoms with E-state index in [2.05, 4.69) is 96.5 Å². The van der Waals surface area contributed by atoms with Crippen LogP contribution < -0.4 is 10.2 Å². The van der Waals surface area contributed by atoms with E-state index in [9.17, 15) is 10.1 Å². The summed E-state index contributed by atoms with van der Waals surface area (Å²) in [6, 6.07) is 18.8. The zero-order chi connectivity index (χ0) is 37.7. The summed E-state index contributed by atoms with van der Waals surface area (Å²) in [4.78, 5) is 16.2. The Kier molecular flexibility index (Phi) is 18.8. The molecule has 0 aliphatic rings. The first-order chi connectivity index (χ1) is 25.3. The van der Waals surface area contributed by atoms with Crippen molar-refractivity contribution in [2.75, 3.05) is 23.3 Å². The van der Waals surface area contributed by atoms with E-state index in [0.29, 0.717) is 50.0 Å². The number of carbonyl (C=O) groups excluding carboxylic acids is 1. The number of nitrogens with one attached hydrogen (secondary N) is 1. The van der Waals surface area contributed by atoms with Gasteiger partial charge in [-0.2, -0.15) is 10.5 Å². The molecule has 0 aliphatic heterocycles. The lowest BCUT2D eigenvalue weighted by atomic mass is 9.95. The highest BCUT2D eigenvalue weighted by Crippen LogP contribution is 2.39. The Morgan fingerprint density at radius 3 is 1.94 bits per heavy atom. The van der Waals surface area contributed by atoms with Crippen molar-refractivity contribution in [2.24, 2.45) is 38.2 Å². The van der Waals surface area contributed by atoms with Crippen LogP contribution in [0.15, 0.2) is 69.0 Å². The lowest BCUT2D eigenvalue weighted by molar-refractivity contribution is -0.120. The van der Waals surface area contributed by atoms with Crippen LogP contribution in [0.5, 0.6) is 0 Å². The Labute approximate surface area is 316 Å². The van der Waals surface area contributed by atoms with Gasteiger partial charge in [0.2, 0.25) is 5.91 Å². The molecule has 1 heterocycles. The summed E-state index contributed by atoms with van der Waals surface area (Å²) < 4.78 is 0. The van der Waals surface area contributed by atoms with Crippen molar-refractivity contribution in [1.82, 2.24) is 0 Å². The quantitative estimate of drug-likeness (QED) is 0.0976. The number of nitrogens with zero attached hydrogens (tertiary/aromatic N) is 7. The minimum absolute atomic E-state index is 0.000742. The first-order valence-electron chi connectivity index (χ1n) is 19.4. The van der Waals surface area contributed by atoms with Gasteiger partial charge < -0.3 is 10.2 Å². The second-order valence-electron chi connectivity index (χ2n) is 13.7. The van der Waals surface area contributed by atoms with E-state index in [1.165, 1.54) is 49.9 Å². The van der Waals surface area contributed by atoms with Crippen molar-refractivity contribution >= 4 is 50.0 Å². The Morgan fingerprint density at radius 2 is 1.38 bits per heavy atom. The number of anilines is 2. The lowest BCUT2D eigenvalue weighted by Crippen LogP contribution is -2.34. The Bertz CT molecular complexity index is 1650. The summed E-state index contributed by atoms with van der Waals surface area (Å²) >= 11 is 1.22. The molecule has 9 nitrogen and oxygen atoms in total. The van der Waals surface area contributed by atoms with Crippen LogP contribution in [-0.2, 0) is 4.79 Å². The largest absolute Gasteiger partial charge is 0.371 e. The van der Waals surface area contributed by atoms with Gasteiger partial charge in [-0.1, -0.05) is 104 Å². The predicted octanol–water partition coefficient (Wildman–Crippen LogP) is 13.7. The van der Waals surface area contributed by atoms with Gasteiger partial charge in [0.05, 0.1) is 28.6 Å². The number of rotatable bonds is 23. The fourth-order valence-electron chi connectivity index (χ4n) is 6.24. The van der Waals surface area contributed by atoms with Gasteiger partial charge in [-0.3, -0.25) is 4.79 Å². The zero-order valence-electron chi connectivity index (χ0n) is 32.2. The monoisotopic (exact) mass is 722 g/mol. The number of azo groups is 2. The maximum Gasteiger partial charge on any atom is 0.227 e. The fraction of sp³-hybridized carbons (Fsp3) is 0.548. The normalized spacial score (nSPS) is 13.2. The highest BCUT2D eigenvalue weighted by atomic mass is 32.1. The van der Waals surface area contributed by atoms with Crippen molar-refractivity contribution in [1.29, 1.82) is 10.5 Å². The summed E-state index contributed by atoms with van der Waals surface area (Å²) in [5.41, 5.74) is 3.74. The van der Waals surface area contributed by atoms with Crippen molar-refractivity contribution in [3.63, 3.8) is 0 Å². The van der Waals surface area contributed by atoms with Crippen LogP contribution in [0.1, 0.15) is 130 Å². The molecular weight excluding hydrogens is 665 g/mol. The van der Waals surface area contributed by atoms with E-state index in [1.807, 2.05) is 6.07 Å². The third-order valence-corrected chi connectivity index (χ3v) is 10.6. The Hall–Kier alpha value is -4.41. The molecule has 0 saturated heterocycles. The van der Waals surface area contributed by atoms with Crippen molar-refractivity contribution < 1.29 is 4.79 Å². The molecule has 1 aromatic heterocycles. The minimum Gasteiger partial charge on any atom is -0.371 e. The van der Waals surface area contributed by atoms with Gasteiger partial charge in [-0.15, -0.1) is 20.5 Å². The maximum absolute atomic E-state index is 13.7. The van der Waals surface area contributed by atoms with Gasteiger partial charge >= 0.3 is 0 Å². The Morgan fingerprint density at radius 1 is 0.750 bits per heavy atom. The SMILES string of the molecule is CCCCC(CC)CN(CC(CC)CCCC)c1ccc(/N=N/c2sc(N=Nc3ccc(C#N)cc3)cc2C#N)c(NC(=O)C(CC)CCCC)c1. The molecule has 0 aliphatic carbocycles. The van der Waals surface area contributed by atoms with Crippen molar-refractivity contribution in [3.8, 4) is 12.1 Å². The van der Waals surface area contributed by atoms with Crippen LogP contribution in [0, 0.1) is 40.4 Å². The summed E-state index contributed by atoms with van der Waals surface area (Å²) in [5.74, 6) is 1.09. The van der Waals surface area contributed by atoms with Crippen LogP contribution in [-0.4, -0.2) is 19.0 Å². The molecule has 0 fully saturated rings. The molecule has 0 spiro atoms. The number of benzene rings is 2. The van der Waals surface area contributed by atoms with Crippen molar-refractivity contribution in [2.45, 2.75) is 119 Å². The number of amides is 1. The maximum atomic E-state index is 13.7. The molecule has 0 saturated carbocycles. The van der Waals surface area contributed by atoms with Gasteiger partial charge in [-0.25, -0.2) is 0 Å². The van der Waals surface area contributed by atoms with Crippen LogP contribution in [0.4, 0.5) is 32.8 Å². The lowest BCUT2D eigenvalue weighted by Gasteiger charge is -2.33. The highest BCUT2D eigenvalue weighted by Gasteiger charge is 2.21. The number of hydrogen-bond acceptors (Lipinski definition) is 9. The van der Waals surface area contributed by atoms with Gasteiger partial charge in [0.25, 0.3) is 0 Å². The molecule has 3 aromatic rings. The van der Waals surface area contributed by atoms with Crippen LogP contribution in [0.25, 0.3) is 0 Å². The number of thiophene rings is 1. The Balaban J connectivity index is 2.02. The first kappa shape index (κ1) is 42.0. The molecule has 10 heteroatoms. The van der Waals surface area contributed by atoms with E-state index < -0.39 is 0 Å². The molecule has 3 unspecified atom stereocenters. The van der Waals surface area contributed by atoms with Crippen LogP contribution in [0.2, 0.25) is 0 Å². The van der Waals surface area contributed by atoms with E-state index in [0.717, 1.165) is 57.3 Å². The minimum atomic E-state index is -0.0898. The molecular formula is C42H58N8OS. The van der Waals surface area contributed by atoms with Gasteiger partial charge in [0.15, 0.2) is 5.00 Å². The first-order valence-corrected chi connectivity index (χ1v) is 20.2. The molecule has 2 aromatic carbocycles. The van der Waals surface area contributed by atoms with E-state index in [1.54, 1.807) is 30.3 Å². The summed E-state index contributed by atoms with van der Waals surface area (Å²) in [5, 5.41) is 40.8. The van der Waals surface area contributed by atoms with Gasteiger partial charge in [-0.05, 0) is 86.1 Å². The zero-order valence-corrected chi connectivity index (χ0v) is 33.0. The van der Waals surface area contributed by atoms with E-state index in [4.69, 9.17) is 5.26 Å². The smallest absolute Gasteiger partial charge is 0.227 e. The molecule has 52 heavy (non-hydrogen) atoms. The van der Waals surface area contributed by atoms with Crippen LogP contribution >= 0.6 is 11.3 Å². The number of nitriles is 2. The fourth-order valence-corrected chi connectivity index (χ4v) is 6.99. The molecule has 3 atom stereocenters. The second kappa shape index (κ2) is 23.2. The van der Waals surface area contributed by atoms with Crippen LogP contribution in [0.3, 0.4) is 0 Å². The van der Waals surface area contributed by atoms with E-state index >= 15 is 0 Å². The summed E-state index contributed by atoms with van der Waals surface area (Å²) in [6.45, 7) is 15.3. The third kappa shape index (κ3) is 13.3. The van der Waals surface area contributed by atoms with Gasteiger partial charge in [0, 0.05) is 24.7 Å². The number of carbonyl (C=O) groups is 1. The molecule has 3 rings (SSSR count). The molecule has 278 valence electrons. The number of unbranched alkanes of at least 4 members (excludes halogenated alkanes) is 3. The third-order valence-electron chi connectivity index (χ3n) is 9.75. The average Bonchev–Trinajstić information content (AvgIpc) is 3.58. The van der Waals surface area contributed by atoms with Crippen molar-refractivity contribution in [3.05, 3.63) is 59.7 Å². The summed E-state index contributed by atoms with van der Waals surface area (Å²) in [7, 11) is 0. The summed E-state index contributed by atoms with van der Waals surface area (Å²) in [6.07, 6.45) is 13.1. The molecule has 0 radical (unpaired) electrons.